The Labute approximate surface area is 451 Å². The van der Waals surface area contributed by atoms with Crippen molar-refractivity contribution >= 4 is 50.9 Å². The quantitative estimate of drug-likeness (QED) is 0.0849. The summed E-state index contributed by atoms with van der Waals surface area (Å²) in [7, 11) is 1.50. The third-order valence-corrected chi connectivity index (χ3v) is 17.6. The molecule has 2 atom stereocenters. The Morgan fingerprint density at radius 2 is 1.67 bits per heavy atom. The fourth-order valence-corrected chi connectivity index (χ4v) is 13.4. The second-order valence-electron chi connectivity index (χ2n) is 23.6. The SMILES string of the molecule is CCc1c(F)ccc2cc(OCOC)cc(-c3ncc4c(N5CCOC[C@@](C)(O)C5)nc(OCC5(CN6CCC7(CC6)CC(F)(CN6CCN(c8ccc9c(c8)CN([C@@H]8CCC(=O)NC8=O)C9=O)CC6)C7)CC5)nc4c3F)c12. The largest absolute Gasteiger partial charge is 0.468 e. The van der Waals surface area contributed by atoms with Crippen LogP contribution in [0.25, 0.3) is 32.9 Å². The predicted octanol–water partition coefficient (Wildman–Crippen LogP) is 6.58. The minimum atomic E-state index is -1.22. The standard InChI is InChI=1S/C58H68F3N9O8/c1-4-40-44(59)8-5-36-24-39(78-35-75-3)25-42(47(36)40)49-48(60)50-43(26-62-49)51(69-21-22-76-33-55(2,74)30-69)65-54(64-50)77-34-57(11-12-57)31-66-15-13-56(14-16-66)28-58(61,29-56)32-67-17-19-68(20-18-67)38-6-7-41-37(23-38)27-70(53(41)73)45-9-10-46(71)63-52(45)72/h5-8,23-26,45,74H,4,9-22,27-35H2,1-3H3,(H,63,71,72)/t45-,55+/m1/s1. The lowest BCUT2D eigenvalue weighted by Crippen LogP contribution is -2.60. The number of carbonyl (C=O) groups excluding carboxylic acids is 3. The first kappa shape index (κ1) is 52.5. The molecule has 0 radical (unpaired) electrons. The van der Waals surface area contributed by atoms with Crippen molar-refractivity contribution in [3.63, 3.8) is 0 Å². The minimum absolute atomic E-state index is 0.000681. The van der Waals surface area contributed by atoms with E-state index in [1.807, 2.05) is 30.0 Å². The number of β-amino-alcohol motifs (C(OH)–C–C–N with tert-alkyl or cyclic N) is 1. The minimum Gasteiger partial charge on any atom is -0.468 e. The number of piperidine rings is 2. The zero-order chi connectivity index (χ0) is 54.1. The Balaban J connectivity index is 0.684. The van der Waals surface area contributed by atoms with E-state index in [9.17, 15) is 19.5 Å². The molecule has 5 aromatic rings. The molecular weight excluding hydrogens is 1010 g/mol. The van der Waals surface area contributed by atoms with Gasteiger partial charge in [-0.3, -0.25) is 29.6 Å². The summed E-state index contributed by atoms with van der Waals surface area (Å²) in [6, 6.07) is 11.6. The second kappa shape index (κ2) is 20.5. The van der Waals surface area contributed by atoms with Crippen LogP contribution < -0.4 is 24.6 Å². The van der Waals surface area contributed by atoms with Crippen molar-refractivity contribution < 1.29 is 51.6 Å². The number of imide groups is 1. The highest BCUT2D eigenvalue weighted by Gasteiger charge is 2.57. The van der Waals surface area contributed by atoms with Crippen LogP contribution in [0.15, 0.2) is 48.7 Å². The second-order valence-corrected chi connectivity index (χ2v) is 23.6. The van der Waals surface area contributed by atoms with E-state index in [1.165, 1.54) is 19.4 Å². The van der Waals surface area contributed by atoms with E-state index in [1.54, 1.807) is 30.0 Å². The molecule has 0 unspecified atom stereocenters. The van der Waals surface area contributed by atoms with Crippen molar-refractivity contribution in [3.05, 3.63) is 77.0 Å². The van der Waals surface area contributed by atoms with Crippen molar-refractivity contribution in [2.45, 2.75) is 95.5 Å². The number of ether oxygens (including phenoxy) is 4. The van der Waals surface area contributed by atoms with Gasteiger partial charge in [0.15, 0.2) is 12.6 Å². The van der Waals surface area contributed by atoms with Gasteiger partial charge in [-0.1, -0.05) is 13.0 Å². The molecule has 2 saturated carbocycles. The average Bonchev–Trinajstić information content (AvgIpc) is 4.28. The molecule has 2 aromatic heterocycles. The molecular formula is C58H68F3N9O8. The number of likely N-dealkylation sites (tertiary alicyclic amines) is 1. The zero-order valence-electron chi connectivity index (χ0n) is 44.7. The molecule has 0 bridgehead atoms. The van der Waals surface area contributed by atoms with Crippen molar-refractivity contribution in [2.24, 2.45) is 10.8 Å². The molecule has 6 fully saturated rings. The predicted molar refractivity (Wildman–Crippen MR) is 285 cm³/mol. The maximum Gasteiger partial charge on any atom is 0.319 e. The molecule has 3 amide bonds. The van der Waals surface area contributed by atoms with Crippen LogP contribution in [0.1, 0.15) is 86.7 Å². The molecule has 20 heteroatoms. The van der Waals surface area contributed by atoms with Crippen LogP contribution in [0, 0.1) is 22.5 Å². The van der Waals surface area contributed by atoms with Gasteiger partial charge in [-0.15, -0.1) is 0 Å². The summed E-state index contributed by atoms with van der Waals surface area (Å²) in [5.41, 5.74) is 0.590. The molecule has 2 aliphatic carbocycles. The molecule has 78 heavy (non-hydrogen) atoms. The number of carbonyl (C=O) groups is 3. The Bertz CT molecular complexity index is 3170. The van der Waals surface area contributed by atoms with E-state index in [2.05, 4.69) is 25.0 Å². The van der Waals surface area contributed by atoms with Crippen molar-refractivity contribution in [1.82, 2.24) is 35.0 Å². The van der Waals surface area contributed by atoms with Crippen LogP contribution >= 0.6 is 0 Å². The first-order valence-corrected chi connectivity index (χ1v) is 27.6. The van der Waals surface area contributed by atoms with Gasteiger partial charge in [-0.05, 0) is 135 Å². The molecule has 12 rings (SSSR count). The summed E-state index contributed by atoms with van der Waals surface area (Å²) in [6.07, 6.45) is 7.33. The maximum atomic E-state index is 17.5. The van der Waals surface area contributed by atoms with Gasteiger partial charge < -0.3 is 43.7 Å². The first-order chi connectivity index (χ1) is 37.5. The van der Waals surface area contributed by atoms with E-state index in [4.69, 9.17) is 28.9 Å². The molecule has 414 valence electrons. The van der Waals surface area contributed by atoms with Crippen LogP contribution in [-0.2, 0) is 32.0 Å². The highest BCUT2D eigenvalue weighted by atomic mass is 19.1. The van der Waals surface area contributed by atoms with Gasteiger partial charge >= 0.3 is 6.01 Å². The Morgan fingerprint density at radius 1 is 0.885 bits per heavy atom. The van der Waals surface area contributed by atoms with E-state index < -0.39 is 34.9 Å². The number of pyridine rings is 1. The Morgan fingerprint density at radius 3 is 2.41 bits per heavy atom. The third-order valence-electron chi connectivity index (χ3n) is 17.6. The summed E-state index contributed by atoms with van der Waals surface area (Å²) in [4.78, 5) is 62.2. The number of piperazine rings is 1. The van der Waals surface area contributed by atoms with Crippen LogP contribution in [0.5, 0.6) is 11.8 Å². The molecule has 4 saturated heterocycles. The summed E-state index contributed by atoms with van der Waals surface area (Å²) < 4.78 is 72.7. The van der Waals surface area contributed by atoms with Gasteiger partial charge in [0.05, 0.1) is 31.8 Å². The fourth-order valence-electron chi connectivity index (χ4n) is 13.4. The maximum absolute atomic E-state index is 17.5. The van der Waals surface area contributed by atoms with E-state index >= 15 is 13.2 Å². The molecule has 2 N–H and O–H groups in total. The monoisotopic (exact) mass is 1080 g/mol. The highest BCUT2D eigenvalue weighted by molar-refractivity contribution is 6.06. The number of rotatable bonds is 15. The number of alkyl halides is 1. The van der Waals surface area contributed by atoms with E-state index in [0.717, 1.165) is 82.7 Å². The number of fused-ring (bicyclic) bond motifs is 3. The molecule has 7 heterocycles. The van der Waals surface area contributed by atoms with Gasteiger partial charge in [0.1, 0.15) is 45.9 Å². The van der Waals surface area contributed by atoms with Gasteiger partial charge in [0.25, 0.3) is 5.91 Å². The first-order valence-electron chi connectivity index (χ1n) is 27.6. The van der Waals surface area contributed by atoms with Crippen LogP contribution in [-0.4, -0.2) is 169 Å². The van der Waals surface area contributed by atoms with Gasteiger partial charge in [0, 0.05) is 94.3 Å². The molecule has 7 aliphatic rings. The highest BCUT2D eigenvalue weighted by Crippen LogP contribution is 2.58. The molecule has 17 nitrogen and oxygen atoms in total. The smallest absolute Gasteiger partial charge is 0.319 e. The lowest BCUT2D eigenvalue weighted by molar-refractivity contribution is -0.136. The van der Waals surface area contributed by atoms with Gasteiger partial charge in [-0.25, -0.2) is 13.2 Å². The van der Waals surface area contributed by atoms with Crippen molar-refractivity contribution in [2.75, 3.05) is 109 Å². The number of aromatic nitrogens is 3. The Kier molecular flexibility index (Phi) is 13.8. The summed E-state index contributed by atoms with van der Waals surface area (Å²) in [5, 5.41) is 15.1. The lowest BCUT2D eigenvalue weighted by Gasteiger charge is -2.57. The van der Waals surface area contributed by atoms with Crippen LogP contribution in [0.2, 0.25) is 0 Å². The van der Waals surface area contributed by atoms with Crippen LogP contribution in [0.3, 0.4) is 0 Å². The number of aryl methyl sites for hydroxylation is 1. The summed E-state index contributed by atoms with van der Waals surface area (Å²) in [5.74, 6) is -1.30. The summed E-state index contributed by atoms with van der Waals surface area (Å²) in [6.45, 7) is 11.0. The fraction of sp³-hybridized carbons (Fsp3) is 0.552. The third kappa shape index (κ3) is 10.2. The van der Waals surface area contributed by atoms with Crippen molar-refractivity contribution in [3.8, 4) is 23.0 Å². The number of anilines is 2. The van der Waals surface area contributed by atoms with Crippen molar-refractivity contribution in [1.29, 1.82) is 0 Å². The normalized spacial score (nSPS) is 24.1. The number of amides is 3. The number of methoxy groups -OCH3 is 1. The van der Waals surface area contributed by atoms with Gasteiger partial charge in [-0.2, -0.15) is 9.97 Å². The van der Waals surface area contributed by atoms with Gasteiger partial charge in [0.2, 0.25) is 11.8 Å². The number of benzene rings is 3. The lowest BCUT2D eigenvalue weighted by atomic mass is 9.55. The number of nitrogens with one attached hydrogen (secondary N) is 1. The number of nitrogens with zero attached hydrogens (tertiary/aromatic N) is 8. The Hall–Kier alpha value is -6.19. The van der Waals surface area contributed by atoms with E-state index in [0.29, 0.717) is 103 Å². The molecule has 3 aromatic carbocycles. The molecule has 5 aliphatic heterocycles. The zero-order valence-corrected chi connectivity index (χ0v) is 44.7. The van der Waals surface area contributed by atoms with E-state index in [-0.39, 0.29) is 66.2 Å². The van der Waals surface area contributed by atoms with Crippen LogP contribution in [0.4, 0.5) is 24.7 Å². The number of halogens is 3. The molecule has 1 spiro atoms. The topological polar surface area (TPSA) is 175 Å². The number of hydrogen-bond donors (Lipinski definition) is 2. The average molecular weight is 1080 g/mol. The number of aliphatic hydroxyl groups is 1. The number of hydrogen-bond acceptors (Lipinski definition) is 15. The summed E-state index contributed by atoms with van der Waals surface area (Å²) >= 11 is 0.